The molecule has 0 rings (SSSR count). The molecule has 8 heteroatoms. The van der Waals surface area contributed by atoms with Crippen LogP contribution in [0.1, 0.15) is 53.9 Å². The lowest BCUT2D eigenvalue weighted by Gasteiger charge is -2.29. The van der Waals surface area contributed by atoms with Crippen molar-refractivity contribution in [1.82, 2.24) is 0 Å². The molecule has 0 saturated heterocycles. The van der Waals surface area contributed by atoms with Gasteiger partial charge >= 0.3 is 10.1 Å². The Balaban J connectivity index is 4.89. The van der Waals surface area contributed by atoms with E-state index >= 15 is 0 Å². The molecule has 1 unspecified atom stereocenters. The zero-order valence-electron chi connectivity index (χ0n) is 12.7. The Bertz CT molecular complexity index is 490. The number of hydrogen-bond donors (Lipinski definition) is 0. The van der Waals surface area contributed by atoms with E-state index in [4.69, 9.17) is 4.18 Å². The van der Waals surface area contributed by atoms with Crippen molar-refractivity contribution in [1.29, 1.82) is 0 Å². The first-order valence-corrected chi connectivity index (χ1v) is 9.68. The van der Waals surface area contributed by atoms with Crippen molar-refractivity contribution in [3.63, 3.8) is 0 Å². The Morgan fingerprint density at radius 3 is 1.95 bits per heavy atom. The minimum absolute atomic E-state index is 0.123. The van der Waals surface area contributed by atoms with Gasteiger partial charge in [-0.05, 0) is 39.0 Å². The van der Waals surface area contributed by atoms with Crippen LogP contribution < -0.4 is 0 Å². The van der Waals surface area contributed by atoms with Crippen LogP contribution >= 0.6 is 0 Å². The summed E-state index contributed by atoms with van der Waals surface area (Å²) in [6.07, 6.45) is 0.135. The fraction of sp³-hybridized carbons (Fsp3) is 1.00. The van der Waals surface area contributed by atoms with E-state index in [1.165, 1.54) is 13.8 Å². The largest absolute Gasteiger partial charge is 0.302 e. The summed E-state index contributed by atoms with van der Waals surface area (Å²) in [4.78, 5) is 0. The van der Waals surface area contributed by atoms with Crippen LogP contribution in [0.2, 0.25) is 0 Å². The SMILES string of the molecule is CCC(OS(=O)(=O)CCCC(C)C)C(C)(C)S([O])(=O)=O. The molecular weight excluding hydrogens is 304 g/mol. The number of hydrogen-bond acceptors (Lipinski definition) is 5. The molecule has 0 aliphatic carbocycles. The van der Waals surface area contributed by atoms with Gasteiger partial charge in [-0.3, -0.25) is 4.18 Å². The molecule has 0 aromatic rings. The summed E-state index contributed by atoms with van der Waals surface area (Å²) in [5, 5.41) is 0. The van der Waals surface area contributed by atoms with Crippen molar-refractivity contribution in [3.8, 4) is 0 Å². The van der Waals surface area contributed by atoms with Gasteiger partial charge in [0.05, 0.1) is 11.9 Å². The van der Waals surface area contributed by atoms with Crippen molar-refractivity contribution in [2.45, 2.75) is 64.7 Å². The lowest BCUT2D eigenvalue weighted by molar-refractivity contribution is 0.158. The van der Waals surface area contributed by atoms with Crippen molar-refractivity contribution in [2.75, 3.05) is 5.75 Å². The molecule has 0 aromatic heterocycles. The molecule has 0 saturated carbocycles. The van der Waals surface area contributed by atoms with Gasteiger partial charge in [0.1, 0.15) is 4.75 Å². The van der Waals surface area contributed by atoms with Gasteiger partial charge in [0.25, 0.3) is 10.1 Å². The lowest BCUT2D eigenvalue weighted by atomic mass is 10.0. The minimum Gasteiger partial charge on any atom is -0.265 e. The molecule has 0 aliphatic rings. The van der Waals surface area contributed by atoms with E-state index in [9.17, 15) is 21.4 Å². The standard InChI is InChI=1S/C12H25O6S2/c1-6-11(12(4,5)20(15,16)17)18-19(13,14)9-7-8-10(2)3/h10-11H,6-9H2,1-5H3. The van der Waals surface area contributed by atoms with Gasteiger partial charge in [0, 0.05) is 0 Å². The van der Waals surface area contributed by atoms with Gasteiger partial charge in [-0.2, -0.15) is 16.8 Å². The summed E-state index contributed by atoms with van der Waals surface area (Å²) < 4.78 is 60.5. The summed E-state index contributed by atoms with van der Waals surface area (Å²) in [6, 6.07) is 0. The van der Waals surface area contributed by atoms with Crippen molar-refractivity contribution >= 4 is 20.2 Å². The Hall–Kier alpha value is -0.180. The second-order valence-electron chi connectivity index (χ2n) is 5.85. The van der Waals surface area contributed by atoms with Gasteiger partial charge in [-0.15, -0.1) is 0 Å². The third-order valence-electron chi connectivity index (χ3n) is 3.23. The van der Waals surface area contributed by atoms with Crippen LogP contribution in [0, 0.1) is 5.92 Å². The third-order valence-corrected chi connectivity index (χ3v) is 6.09. The van der Waals surface area contributed by atoms with Crippen LogP contribution in [0.4, 0.5) is 0 Å². The maximum atomic E-state index is 11.8. The molecule has 0 heterocycles. The summed E-state index contributed by atoms with van der Waals surface area (Å²) >= 11 is 0. The molecule has 1 radical (unpaired) electrons. The Morgan fingerprint density at radius 1 is 1.10 bits per heavy atom. The predicted molar refractivity (Wildman–Crippen MR) is 76.7 cm³/mol. The molecule has 20 heavy (non-hydrogen) atoms. The molecule has 0 amide bonds. The minimum atomic E-state index is -4.66. The van der Waals surface area contributed by atoms with E-state index < -0.39 is 31.1 Å². The molecule has 0 aliphatic heterocycles. The molecule has 0 bridgehead atoms. The fourth-order valence-electron chi connectivity index (χ4n) is 1.73. The summed E-state index contributed by atoms with van der Waals surface area (Å²) in [6.45, 7) is 7.92. The van der Waals surface area contributed by atoms with Gasteiger partial charge in [0.2, 0.25) is 0 Å². The topological polar surface area (TPSA) is 97.4 Å². The molecule has 0 aromatic carbocycles. The summed E-state index contributed by atoms with van der Waals surface area (Å²) in [7, 11) is -8.49. The lowest BCUT2D eigenvalue weighted by Crippen LogP contribution is -2.45. The van der Waals surface area contributed by atoms with E-state index in [0.717, 1.165) is 6.42 Å². The monoisotopic (exact) mass is 329 g/mol. The smallest absolute Gasteiger partial charge is 0.265 e. The van der Waals surface area contributed by atoms with Crippen LogP contribution in [-0.2, 0) is 29.0 Å². The maximum Gasteiger partial charge on any atom is 0.302 e. The van der Waals surface area contributed by atoms with Crippen molar-refractivity contribution in [2.24, 2.45) is 5.92 Å². The van der Waals surface area contributed by atoms with E-state index in [-0.39, 0.29) is 12.2 Å². The molecule has 121 valence electrons. The molecule has 0 spiro atoms. The highest BCUT2D eigenvalue weighted by molar-refractivity contribution is 7.87. The highest BCUT2D eigenvalue weighted by Crippen LogP contribution is 2.27. The average Bonchev–Trinajstić information content (AvgIpc) is 2.23. The fourth-order valence-corrected chi connectivity index (χ4v) is 3.67. The first-order valence-electron chi connectivity index (χ1n) is 6.70. The van der Waals surface area contributed by atoms with E-state index in [1.54, 1.807) is 6.92 Å². The second-order valence-corrected chi connectivity index (χ2v) is 9.53. The first-order chi connectivity index (χ1) is 8.83. The highest BCUT2D eigenvalue weighted by Gasteiger charge is 2.44. The van der Waals surface area contributed by atoms with Crippen molar-refractivity contribution in [3.05, 3.63) is 0 Å². The Kier molecular flexibility index (Phi) is 7.13. The van der Waals surface area contributed by atoms with Gasteiger partial charge in [0.15, 0.2) is 0 Å². The normalized spacial score (nSPS) is 15.6. The highest BCUT2D eigenvalue weighted by atomic mass is 32.2. The molecular formula is C12H25O6S2. The predicted octanol–water partition coefficient (Wildman–Crippen LogP) is 2.09. The van der Waals surface area contributed by atoms with Crippen LogP contribution in [0.3, 0.4) is 0 Å². The maximum absolute atomic E-state index is 11.8. The molecule has 0 fully saturated rings. The quantitative estimate of drug-likeness (QED) is 0.603. The van der Waals surface area contributed by atoms with Crippen LogP contribution in [-0.4, -0.2) is 33.4 Å². The Morgan fingerprint density at radius 2 is 1.60 bits per heavy atom. The summed E-state index contributed by atoms with van der Waals surface area (Å²) in [5.41, 5.74) is 0. The van der Waals surface area contributed by atoms with Crippen LogP contribution in [0.25, 0.3) is 0 Å². The second kappa shape index (κ2) is 7.20. The molecule has 0 N–H and O–H groups in total. The molecule has 1 atom stereocenters. The first kappa shape index (κ1) is 19.8. The van der Waals surface area contributed by atoms with Gasteiger partial charge < -0.3 is 0 Å². The van der Waals surface area contributed by atoms with Gasteiger partial charge in [-0.1, -0.05) is 25.3 Å². The molecule has 6 nitrogen and oxygen atoms in total. The van der Waals surface area contributed by atoms with Crippen LogP contribution in [0.15, 0.2) is 0 Å². The average molecular weight is 329 g/mol. The Labute approximate surface area is 122 Å². The van der Waals surface area contributed by atoms with Crippen LogP contribution in [0.5, 0.6) is 0 Å². The van der Waals surface area contributed by atoms with E-state index in [1.807, 2.05) is 13.8 Å². The zero-order chi connectivity index (χ0) is 16.2. The number of rotatable bonds is 9. The summed E-state index contributed by atoms with van der Waals surface area (Å²) in [5.74, 6) is 0.210. The zero-order valence-corrected chi connectivity index (χ0v) is 14.4. The van der Waals surface area contributed by atoms with E-state index in [0.29, 0.717) is 12.3 Å². The van der Waals surface area contributed by atoms with E-state index in [2.05, 4.69) is 0 Å². The van der Waals surface area contributed by atoms with Gasteiger partial charge in [-0.25, -0.2) is 0 Å². The third kappa shape index (κ3) is 6.07. The van der Waals surface area contributed by atoms with Crippen molar-refractivity contribution < 1.29 is 25.6 Å².